The van der Waals surface area contributed by atoms with Crippen LogP contribution in [0.25, 0.3) is 0 Å². The third-order valence-electron chi connectivity index (χ3n) is 4.29. The summed E-state index contributed by atoms with van der Waals surface area (Å²) in [5.74, 6) is 0. The molecule has 0 radical (unpaired) electrons. The summed E-state index contributed by atoms with van der Waals surface area (Å²) >= 11 is 0. The molecule has 1 rings (SSSR count). The first kappa shape index (κ1) is 15.9. The van der Waals surface area contributed by atoms with Gasteiger partial charge in [-0.3, -0.25) is 9.80 Å². The molecule has 0 aliphatic carbocycles. The standard InChI is InChI=1S/C15H33N3/c1-5-9-14(12-16-6-2)18-11-10-15(13-18)17(7-3)8-4/h14-16H,5-13H2,1-4H3. The second-order valence-electron chi connectivity index (χ2n) is 5.41. The minimum Gasteiger partial charge on any atom is -0.315 e. The van der Waals surface area contributed by atoms with Crippen molar-refractivity contribution in [1.29, 1.82) is 0 Å². The maximum atomic E-state index is 3.53. The number of likely N-dealkylation sites (tertiary alicyclic amines) is 1. The number of hydrogen-bond acceptors (Lipinski definition) is 3. The largest absolute Gasteiger partial charge is 0.315 e. The molecule has 18 heavy (non-hydrogen) atoms. The smallest absolute Gasteiger partial charge is 0.0235 e. The molecule has 1 heterocycles. The van der Waals surface area contributed by atoms with E-state index in [9.17, 15) is 0 Å². The van der Waals surface area contributed by atoms with E-state index in [1.54, 1.807) is 0 Å². The van der Waals surface area contributed by atoms with Crippen molar-refractivity contribution >= 4 is 0 Å². The Morgan fingerprint density at radius 3 is 2.50 bits per heavy atom. The molecule has 0 aromatic heterocycles. The van der Waals surface area contributed by atoms with Gasteiger partial charge in [-0.05, 0) is 32.5 Å². The molecule has 108 valence electrons. The van der Waals surface area contributed by atoms with Crippen LogP contribution in [0, 0.1) is 0 Å². The van der Waals surface area contributed by atoms with Crippen LogP contribution in [0.1, 0.15) is 47.0 Å². The number of hydrogen-bond donors (Lipinski definition) is 1. The Hall–Kier alpha value is -0.120. The fraction of sp³-hybridized carbons (Fsp3) is 1.00. The summed E-state index contributed by atoms with van der Waals surface area (Å²) in [6.45, 7) is 16.3. The Morgan fingerprint density at radius 2 is 1.94 bits per heavy atom. The predicted octanol–water partition coefficient (Wildman–Crippen LogP) is 2.18. The van der Waals surface area contributed by atoms with Crippen molar-refractivity contribution in [2.45, 2.75) is 59.0 Å². The van der Waals surface area contributed by atoms with Crippen LogP contribution in [-0.2, 0) is 0 Å². The molecule has 1 aliphatic rings. The highest BCUT2D eigenvalue weighted by atomic mass is 15.3. The molecule has 1 saturated heterocycles. The molecule has 3 nitrogen and oxygen atoms in total. The van der Waals surface area contributed by atoms with Crippen LogP contribution in [0.5, 0.6) is 0 Å². The Balaban J connectivity index is 2.45. The van der Waals surface area contributed by atoms with Crippen molar-refractivity contribution in [3.05, 3.63) is 0 Å². The van der Waals surface area contributed by atoms with E-state index in [1.807, 2.05) is 0 Å². The lowest BCUT2D eigenvalue weighted by Crippen LogP contribution is -2.43. The van der Waals surface area contributed by atoms with Gasteiger partial charge >= 0.3 is 0 Å². The van der Waals surface area contributed by atoms with Crippen LogP contribution in [0.2, 0.25) is 0 Å². The average Bonchev–Trinajstić information content (AvgIpc) is 2.85. The number of rotatable bonds is 9. The highest BCUT2D eigenvalue weighted by Gasteiger charge is 2.29. The Labute approximate surface area is 114 Å². The zero-order valence-corrected chi connectivity index (χ0v) is 12.9. The van der Waals surface area contributed by atoms with Gasteiger partial charge in [0.05, 0.1) is 0 Å². The summed E-state index contributed by atoms with van der Waals surface area (Å²) in [6, 6.07) is 1.54. The molecule has 0 spiro atoms. The van der Waals surface area contributed by atoms with Gasteiger partial charge in [-0.15, -0.1) is 0 Å². The minimum absolute atomic E-state index is 0.746. The molecular formula is C15H33N3. The molecule has 0 bridgehead atoms. The summed E-state index contributed by atoms with van der Waals surface area (Å²) in [6.07, 6.45) is 3.98. The lowest BCUT2D eigenvalue weighted by molar-refractivity contribution is 0.179. The maximum Gasteiger partial charge on any atom is 0.0235 e. The second kappa shape index (κ2) is 8.89. The molecule has 0 aromatic rings. The third-order valence-corrected chi connectivity index (χ3v) is 4.29. The predicted molar refractivity (Wildman–Crippen MR) is 80.1 cm³/mol. The lowest BCUT2D eigenvalue weighted by atomic mass is 10.1. The zero-order chi connectivity index (χ0) is 13.4. The molecule has 0 saturated carbocycles. The SMILES string of the molecule is CCCC(CNCC)N1CCC(N(CC)CC)C1. The topological polar surface area (TPSA) is 18.5 Å². The summed E-state index contributed by atoms with van der Waals surface area (Å²) in [4.78, 5) is 5.34. The third kappa shape index (κ3) is 4.52. The molecule has 3 heteroatoms. The summed E-state index contributed by atoms with van der Waals surface area (Å²) in [7, 11) is 0. The van der Waals surface area contributed by atoms with Gasteiger partial charge in [0.2, 0.25) is 0 Å². The van der Waals surface area contributed by atoms with Gasteiger partial charge < -0.3 is 5.32 Å². The van der Waals surface area contributed by atoms with Crippen LogP contribution in [-0.4, -0.2) is 61.2 Å². The van der Waals surface area contributed by atoms with Crippen LogP contribution >= 0.6 is 0 Å². The van der Waals surface area contributed by atoms with Gasteiger partial charge in [0.15, 0.2) is 0 Å². The quantitative estimate of drug-likeness (QED) is 0.681. The molecule has 2 unspecified atom stereocenters. The van der Waals surface area contributed by atoms with Gasteiger partial charge in [0.1, 0.15) is 0 Å². The van der Waals surface area contributed by atoms with Crippen molar-refractivity contribution in [2.75, 3.05) is 39.3 Å². The van der Waals surface area contributed by atoms with Crippen molar-refractivity contribution < 1.29 is 0 Å². The summed E-state index contributed by atoms with van der Waals surface area (Å²) in [5.41, 5.74) is 0. The number of nitrogens with zero attached hydrogens (tertiary/aromatic N) is 2. The van der Waals surface area contributed by atoms with Gasteiger partial charge in [-0.2, -0.15) is 0 Å². The van der Waals surface area contributed by atoms with Gasteiger partial charge in [0.25, 0.3) is 0 Å². The van der Waals surface area contributed by atoms with E-state index >= 15 is 0 Å². The Kier molecular flexibility index (Phi) is 7.87. The van der Waals surface area contributed by atoms with Crippen molar-refractivity contribution in [2.24, 2.45) is 0 Å². The molecule has 0 aromatic carbocycles. The van der Waals surface area contributed by atoms with Crippen LogP contribution in [0.4, 0.5) is 0 Å². The summed E-state index contributed by atoms with van der Waals surface area (Å²) in [5, 5.41) is 3.53. The zero-order valence-electron chi connectivity index (χ0n) is 12.9. The van der Waals surface area contributed by atoms with Crippen LogP contribution in [0.15, 0.2) is 0 Å². The van der Waals surface area contributed by atoms with Crippen LogP contribution < -0.4 is 5.32 Å². The van der Waals surface area contributed by atoms with Crippen molar-refractivity contribution in [3.63, 3.8) is 0 Å². The molecule has 1 fully saturated rings. The first-order chi connectivity index (χ1) is 8.76. The van der Waals surface area contributed by atoms with E-state index in [1.165, 1.54) is 45.4 Å². The number of likely N-dealkylation sites (N-methyl/N-ethyl adjacent to an activating group) is 2. The molecule has 1 aliphatic heterocycles. The molecular weight excluding hydrogens is 222 g/mol. The van der Waals surface area contributed by atoms with E-state index in [-0.39, 0.29) is 0 Å². The second-order valence-corrected chi connectivity index (χ2v) is 5.41. The lowest BCUT2D eigenvalue weighted by Gasteiger charge is -2.30. The number of nitrogens with one attached hydrogen (secondary N) is 1. The first-order valence-corrected chi connectivity index (χ1v) is 7.95. The van der Waals surface area contributed by atoms with E-state index in [0.29, 0.717) is 0 Å². The highest BCUT2D eigenvalue weighted by Crippen LogP contribution is 2.19. The van der Waals surface area contributed by atoms with Gasteiger partial charge in [-0.25, -0.2) is 0 Å². The maximum absolute atomic E-state index is 3.53. The van der Waals surface area contributed by atoms with E-state index in [0.717, 1.165) is 25.2 Å². The van der Waals surface area contributed by atoms with Crippen LogP contribution in [0.3, 0.4) is 0 Å². The Morgan fingerprint density at radius 1 is 1.22 bits per heavy atom. The first-order valence-electron chi connectivity index (χ1n) is 7.95. The van der Waals surface area contributed by atoms with E-state index in [4.69, 9.17) is 0 Å². The molecule has 2 atom stereocenters. The monoisotopic (exact) mass is 255 g/mol. The highest BCUT2D eigenvalue weighted by molar-refractivity contribution is 4.87. The minimum atomic E-state index is 0.746. The molecule has 1 N–H and O–H groups in total. The van der Waals surface area contributed by atoms with Crippen molar-refractivity contribution in [1.82, 2.24) is 15.1 Å². The fourth-order valence-electron chi connectivity index (χ4n) is 3.20. The van der Waals surface area contributed by atoms with E-state index < -0.39 is 0 Å². The average molecular weight is 255 g/mol. The fourth-order valence-corrected chi connectivity index (χ4v) is 3.20. The summed E-state index contributed by atoms with van der Waals surface area (Å²) < 4.78 is 0. The van der Waals surface area contributed by atoms with E-state index in [2.05, 4.69) is 42.8 Å². The van der Waals surface area contributed by atoms with Crippen molar-refractivity contribution in [3.8, 4) is 0 Å². The normalized spacial score (nSPS) is 22.8. The van der Waals surface area contributed by atoms with Gasteiger partial charge in [-0.1, -0.05) is 34.1 Å². The molecule has 0 amide bonds. The Bertz CT molecular complexity index is 204. The van der Waals surface area contributed by atoms with Gasteiger partial charge in [0, 0.05) is 31.7 Å².